The summed E-state index contributed by atoms with van der Waals surface area (Å²) in [6.45, 7) is 1.79. The Morgan fingerprint density at radius 2 is 1.87 bits per heavy atom. The zero-order valence-corrected chi connectivity index (χ0v) is 10.0. The smallest absolute Gasteiger partial charge is 0.290 e. The molecule has 0 N–H and O–H groups in total. The average molecular weight is 268 g/mol. The SMILES string of the molecule is Cc1on(C)c(=O)c1-c1ccc(Br)cc1. The van der Waals surface area contributed by atoms with Crippen LogP contribution in [-0.4, -0.2) is 4.74 Å². The third-order valence-corrected chi connectivity index (χ3v) is 2.79. The summed E-state index contributed by atoms with van der Waals surface area (Å²) in [5, 5.41) is 0. The second-order valence-electron chi connectivity index (χ2n) is 3.33. The summed E-state index contributed by atoms with van der Waals surface area (Å²) in [7, 11) is 1.61. The van der Waals surface area contributed by atoms with Crippen LogP contribution in [0.4, 0.5) is 0 Å². The molecular weight excluding hydrogens is 258 g/mol. The fourth-order valence-electron chi connectivity index (χ4n) is 1.54. The first kappa shape index (κ1) is 10.2. The fourth-order valence-corrected chi connectivity index (χ4v) is 1.81. The van der Waals surface area contributed by atoms with Crippen LogP contribution in [0, 0.1) is 6.92 Å². The summed E-state index contributed by atoms with van der Waals surface area (Å²) >= 11 is 3.35. The van der Waals surface area contributed by atoms with Crippen LogP contribution >= 0.6 is 15.9 Å². The minimum Gasteiger partial charge on any atom is -0.381 e. The molecule has 4 heteroatoms. The number of halogens is 1. The van der Waals surface area contributed by atoms with Crippen LogP contribution < -0.4 is 5.56 Å². The Labute approximate surface area is 95.4 Å². The quantitative estimate of drug-likeness (QED) is 0.797. The summed E-state index contributed by atoms with van der Waals surface area (Å²) in [6.07, 6.45) is 0. The van der Waals surface area contributed by atoms with E-state index in [0.29, 0.717) is 11.3 Å². The summed E-state index contributed by atoms with van der Waals surface area (Å²) in [5.41, 5.74) is 1.41. The van der Waals surface area contributed by atoms with Crippen LogP contribution in [0.1, 0.15) is 5.76 Å². The largest absolute Gasteiger partial charge is 0.381 e. The van der Waals surface area contributed by atoms with Crippen molar-refractivity contribution in [2.75, 3.05) is 0 Å². The number of benzene rings is 1. The van der Waals surface area contributed by atoms with Gasteiger partial charge in [-0.1, -0.05) is 28.1 Å². The molecule has 15 heavy (non-hydrogen) atoms. The molecule has 0 saturated carbocycles. The first-order valence-electron chi connectivity index (χ1n) is 4.52. The van der Waals surface area contributed by atoms with Crippen molar-refractivity contribution in [1.82, 2.24) is 4.74 Å². The van der Waals surface area contributed by atoms with Crippen LogP contribution in [0.3, 0.4) is 0 Å². The van der Waals surface area contributed by atoms with E-state index in [-0.39, 0.29) is 5.56 Å². The van der Waals surface area contributed by atoms with Gasteiger partial charge in [0, 0.05) is 11.5 Å². The summed E-state index contributed by atoms with van der Waals surface area (Å²) in [4.78, 5) is 11.7. The molecule has 1 aromatic heterocycles. The zero-order valence-electron chi connectivity index (χ0n) is 8.45. The number of aryl methyl sites for hydroxylation is 2. The van der Waals surface area contributed by atoms with Crippen molar-refractivity contribution in [2.45, 2.75) is 6.92 Å². The van der Waals surface area contributed by atoms with E-state index in [2.05, 4.69) is 15.9 Å². The van der Waals surface area contributed by atoms with Gasteiger partial charge in [-0.25, -0.2) is 0 Å². The number of nitrogens with zero attached hydrogens (tertiary/aromatic N) is 1. The molecule has 0 aliphatic carbocycles. The number of hydrogen-bond acceptors (Lipinski definition) is 2. The van der Waals surface area contributed by atoms with Crippen LogP contribution in [0.2, 0.25) is 0 Å². The lowest BCUT2D eigenvalue weighted by Gasteiger charge is -1.96. The Morgan fingerprint density at radius 1 is 1.27 bits per heavy atom. The van der Waals surface area contributed by atoms with Gasteiger partial charge in [0.1, 0.15) is 5.76 Å². The van der Waals surface area contributed by atoms with Gasteiger partial charge >= 0.3 is 0 Å². The maximum atomic E-state index is 11.7. The van der Waals surface area contributed by atoms with Gasteiger partial charge in [-0.2, -0.15) is 4.74 Å². The van der Waals surface area contributed by atoms with Crippen LogP contribution in [0.5, 0.6) is 0 Å². The molecule has 0 fully saturated rings. The highest BCUT2D eigenvalue weighted by Crippen LogP contribution is 2.21. The molecule has 0 unspecified atom stereocenters. The summed E-state index contributed by atoms with van der Waals surface area (Å²) < 4.78 is 7.46. The topological polar surface area (TPSA) is 35.1 Å². The molecule has 1 aromatic carbocycles. The Hall–Kier alpha value is -1.29. The first-order chi connectivity index (χ1) is 7.09. The van der Waals surface area contributed by atoms with E-state index in [4.69, 9.17) is 4.52 Å². The van der Waals surface area contributed by atoms with Crippen molar-refractivity contribution >= 4 is 15.9 Å². The maximum Gasteiger partial charge on any atom is 0.290 e. The molecule has 1 heterocycles. The highest BCUT2D eigenvalue weighted by Gasteiger charge is 2.12. The van der Waals surface area contributed by atoms with Crippen molar-refractivity contribution in [3.63, 3.8) is 0 Å². The van der Waals surface area contributed by atoms with E-state index in [9.17, 15) is 4.79 Å². The lowest BCUT2D eigenvalue weighted by Crippen LogP contribution is -2.11. The number of aromatic nitrogens is 1. The molecule has 78 valence electrons. The van der Waals surface area contributed by atoms with Crippen molar-refractivity contribution in [2.24, 2.45) is 7.05 Å². The average Bonchev–Trinajstić information content (AvgIpc) is 2.44. The van der Waals surface area contributed by atoms with Gasteiger partial charge in [0.05, 0.1) is 5.56 Å². The minimum atomic E-state index is -0.102. The zero-order chi connectivity index (χ0) is 11.0. The molecule has 0 saturated heterocycles. The Balaban J connectivity index is 2.64. The number of hydrogen-bond donors (Lipinski definition) is 0. The second-order valence-corrected chi connectivity index (χ2v) is 4.25. The minimum absolute atomic E-state index is 0.102. The molecule has 2 rings (SSSR count). The molecule has 0 radical (unpaired) electrons. The normalized spacial score (nSPS) is 10.6. The molecular formula is C11H10BrNO2. The van der Waals surface area contributed by atoms with Crippen molar-refractivity contribution in [1.29, 1.82) is 0 Å². The van der Waals surface area contributed by atoms with Gasteiger partial charge in [-0.15, -0.1) is 0 Å². The molecule has 0 atom stereocenters. The van der Waals surface area contributed by atoms with Gasteiger partial charge in [0.2, 0.25) is 0 Å². The van der Waals surface area contributed by atoms with Gasteiger partial charge in [0.25, 0.3) is 5.56 Å². The van der Waals surface area contributed by atoms with E-state index in [1.807, 2.05) is 24.3 Å². The molecule has 2 aromatic rings. The highest BCUT2D eigenvalue weighted by molar-refractivity contribution is 9.10. The molecule has 0 aliphatic heterocycles. The third-order valence-electron chi connectivity index (χ3n) is 2.26. The van der Waals surface area contributed by atoms with Gasteiger partial charge in [0.15, 0.2) is 0 Å². The van der Waals surface area contributed by atoms with E-state index in [1.54, 1.807) is 14.0 Å². The summed E-state index contributed by atoms with van der Waals surface area (Å²) in [5.74, 6) is 0.643. The van der Waals surface area contributed by atoms with E-state index in [1.165, 1.54) is 4.74 Å². The predicted molar refractivity (Wildman–Crippen MR) is 61.8 cm³/mol. The van der Waals surface area contributed by atoms with Crippen LogP contribution in [0.15, 0.2) is 38.1 Å². The predicted octanol–water partition coefficient (Wildman–Crippen LogP) is 2.72. The summed E-state index contributed by atoms with van der Waals surface area (Å²) in [6, 6.07) is 7.59. The van der Waals surface area contributed by atoms with Gasteiger partial charge in [-0.3, -0.25) is 4.79 Å². The second kappa shape index (κ2) is 3.70. The number of rotatable bonds is 1. The Bertz CT molecular complexity index is 537. The molecule has 0 bridgehead atoms. The third kappa shape index (κ3) is 1.77. The fraction of sp³-hybridized carbons (Fsp3) is 0.182. The lowest BCUT2D eigenvalue weighted by atomic mass is 10.1. The Kier molecular flexibility index (Phi) is 2.52. The highest BCUT2D eigenvalue weighted by atomic mass is 79.9. The van der Waals surface area contributed by atoms with E-state index in [0.717, 1.165) is 10.0 Å². The molecule has 0 aliphatic rings. The molecule has 0 amide bonds. The van der Waals surface area contributed by atoms with Crippen LogP contribution in [0.25, 0.3) is 11.1 Å². The van der Waals surface area contributed by atoms with Gasteiger partial charge in [-0.05, 0) is 24.6 Å². The van der Waals surface area contributed by atoms with Crippen molar-refractivity contribution in [3.05, 3.63) is 44.9 Å². The standard InChI is InChI=1S/C11H10BrNO2/c1-7-10(11(14)13(2)15-7)8-3-5-9(12)6-4-8/h3-6H,1-2H3. The molecule has 0 spiro atoms. The van der Waals surface area contributed by atoms with E-state index < -0.39 is 0 Å². The van der Waals surface area contributed by atoms with Crippen LogP contribution in [-0.2, 0) is 7.05 Å². The maximum absolute atomic E-state index is 11.7. The first-order valence-corrected chi connectivity index (χ1v) is 5.31. The molecule has 3 nitrogen and oxygen atoms in total. The van der Waals surface area contributed by atoms with E-state index >= 15 is 0 Å². The monoisotopic (exact) mass is 267 g/mol. The van der Waals surface area contributed by atoms with Crippen molar-refractivity contribution in [3.8, 4) is 11.1 Å². The lowest BCUT2D eigenvalue weighted by molar-refractivity contribution is 0.283. The van der Waals surface area contributed by atoms with Gasteiger partial charge < -0.3 is 4.52 Å². The van der Waals surface area contributed by atoms with Crippen molar-refractivity contribution < 1.29 is 4.52 Å². The Morgan fingerprint density at radius 3 is 2.33 bits per heavy atom.